The zero-order valence-corrected chi connectivity index (χ0v) is 18.0. The SMILES string of the molecule is C=CCNC(=O)O[C@@H]1CC(C(=O)N[C@H](CC(N)=O)C(N)=O)=C[C@@H](NC(=O)[C@H](C)[NH2+]C)[C@H]1O. The number of carbonyl (C=O) groups is 5. The molecule has 1 aliphatic carbocycles. The molecule has 32 heavy (non-hydrogen) atoms. The van der Waals surface area contributed by atoms with Gasteiger partial charge in [-0.3, -0.25) is 19.2 Å². The van der Waals surface area contributed by atoms with Crippen LogP contribution in [0.3, 0.4) is 0 Å². The van der Waals surface area contributed by atoms with Gasteiger partial charge in [0.15, 0.2) is 6.04 Å². The summed E-state index contributed by atoms with van der Waals surface area (Å²) < 4.78 is 5.21. The lowest BCUT2D eigenvalue weighted by Gasteiger charge is -2.34. The number of hydrogen-bond donors (Lipinski definition) is 7. The number of primary amides is 2. The maximum Gasteiger partial charge on any atom is 0.407 e. The second kappa shape index (κ2) is 12.4. The standard InChI is InChI=1S/C19H30N6O7/c1-4-5-23-19(31)32-13-7-10(18(30)25-12(16(21)28)8-14(20)26)6-11(15(13)27)24-17(29)9(2)22-3/h4,6,9,11-13,15,22,27H,1,5,7-8H2,2-3H3,(H2,20,26)(H2,21,28)(H,23,31)(H,24,29)(H,25,30)/p+1/t9-,11+,12+,13+,15+/m0/s1. The first-order valence-electron chi connectivity index (χ1n) is 9.92. The second-order valence-corrected chi connectivity index (χ2v) is 7.26. The van der Waals surface area contributed by atoms with E-state index >= 15 is 0 Å². The number of aliphatic hydroxyl groups is 1. The van der Waals surface area contributed by atoms with Gasteiger partial charge in [-0.1, -0.05) is 12.2 Å². The third kappa shape index (κ3) is 8.00. The summed E-state index contributed by atoms with van der Waals surface area (Å²) in [6, 6.07) is -2.91. The third-order valence-corrected chi connectivity index (χ3v) is 4.77. The molecule has 0 aromatic rings. The molecule has 0 bridgehead atoms. The van der Waals surface area contributed by atoms with Gasteiger partial charge in [-0.2, -0.15) is 0 Å². The minimum absolute atomic E-state index is 0.00553. The molecule has 0 spiro atoms. The number of likely N-dealkylation sites (N-methyl/N-ethyl adjacent to an activating group) is 1. The Bertz CT molecular complexity index is 784. The first-order valence-corrected chi connectivity index (χ1v) is 9.92. The van der Waals surface area contributed by atoms with E-state index in [0.29, 0.717) is 0 Å². The molecule has 0 aliphatic heterocycles. The van der Waals surface area contributed by atoms with E-state index in [1.165, 1.54) is 12.2 Å². The number of nitrogens with two attached hydrogens (primary N) is 3. The number of amides is 5. The normalized spacial score (nSPS) is 21.8. The molecule has 0 unspecified atom stereocenters. The minimum Gasteiger partial charge on any atom is -0.443 e. The van der Waals surface area contributed by atoms with Crippen molar-refractivity contribution in [1.82, 2.24) is 16.0 Å². The molecule has 1 aliphatic rings. The van der Waals surface area contributed by atoms with Crippen LogP contribution in [0.25, 0.3) is 0 Å². The number of carbonyl (C=O) groups excluding carboxylic acids is 5. The van der Waals surface area contributed by atoms with Crippen LogP contribution in [-0.2, 0) is 23.9 Å². The van der Waals surface area contributed by atoms with Crippen LogP contribution in [0.4, 0.5) is 4.79 Å². The molecule has 5 atom stereocenters. The average molecular weight is 455 g/mol. The van der Waals surface area contributed by atoms with Crippen molar-refractivity contribution in [3.63, 3.8) is 0 Å². The highest BCUT2D eigenvalue weighted by atomic mass is 16.6. The summed E-state index contributed by atoms with van der Waals surface area (Å²) in [5.41, 5.74) is 10.3. The molecule has 5 amide bonds. The Labute approximate surface area is 185 Å². The van der Waals surface area contributed by atoms with Gasteiger partial charge in [0.05, 0.1) is 19.5 Å². The molecule has 0 radical (unpaired) electrons. The number of rotatable bonds is 11. The van der Waals surface area contributed by atoms with Crippen LogP contribution in [0.15, 0.2) is 24.3 Å². The fraction of sp³-hybridized carbons (Fsp3) is 0.526. The third-order valence-electron chi connectivity index (χ3n) is 4.77. The van der Waals surface area contributed by atoms with E-state index in [2.05, 4.69) is 22.5 Å². The van der Waals surface area contributed by atoms with Crippen LogP contribution in [-0.4, -0.2) is 78.8 Å². The molecular weight excluding hydrogens is 424 g/mol. The first-order chi connectivity index (χ1) is 15.0. The van der Waals surface area contributed by atoms with E-state index in [1.807, 2.05) is 0 Å². The highest BCUT2D eigenvalue weighted by Gasteiger charge is 2.38. The van der Waals surface area contributed by atoms with Crippen LogP contribution in [0.1, 0.15) is 19.8 Å². The molecular formula is C19H31N6O7+. The van der Waals surface area contributed by atoms with Gasteiger partial charge in [0.2, 0.25) is 17.7 Å². The number of hydrogen-bond acceptors (Lipinski definition) is 7. The van der Waals surface area contributed by atoms with E-state index < -0.39 is 66.5 Å². The second-order valence-electron chi connectivity index (χ2n) is 7.26. The summed E-state index contributed by atoms with van der Waals surface area (Å²) in [6.45, 7) is 5.21. The molecule has 13 heteroatoms. The molecule has 0 saturated heterocycles. The van der Waals surface area contributed by atoms with Gasteiger partial charge in [-0.05, 0) is 6.92 Å². The molecule has 0 saturated carbocycles. The predicted octanol–water partition coefficient (Wildman–Crippen LogP) is -4.13. The fourth-order valence-electron chi connectivity index (χ4n) is 2.82. The lowest BCUT2D eigenvalue weighted by atomic mass is 9.89. The van der Waals surface area contributed by atoms with Crippen LogP contribution >= 0.6 is 0 Å². The van der Waals surface area contributed by atoms with E-state index in [1.54, 1.807) is 19.3 Å². The van der Waals surface area contributed by atoms with Crippen molar-refractivity contribution in [3.8, 4) is 0 Å². The Hall–Kier alpha value is -3.45. The summed E-state index contributed by atoms with van der Waals surface area (Å²) >= 11 is 0. The Morgan fingerprint density at radius 3 is 2.53 bits per heavy atom. The maximum atomic E-state index is 12.7. The first kappa shape index (κ1) is 26.6. The molecule has 13 nitrogen and oxygen atoms in total. The summed E-state index contributed by atoms with van der Waals surface area (Å²) in [7, 11) is 1.69. The topological polar surface area (TPSA) is 220 Å². The van der Waals surface area contributed by atoms with Crippen molar-refractivity contribution in [2.45, 2.75) is 50.1 Å². The van der Waals surface area contributed by atoms with Crippen molar-refractivity contribution in [2.75, 3.05) is 13.6 Å². The molecule has 0 fully saturated rings. The smallest absolute Gasteiger partial charge is 0.407 e. The van der Waals surface area contributed by atoms with Gasteiger partial charge in [0, 0.05) is 18.5 Å². The van der Waals surface area contributed by atoms with E-state index in [9.17, 15) is 29.1 Å². The Kier molecular flexibility index (Phi) is 10.3. The van der Waals surface area contributed by atoms with Gasteiger partial charge in [-0.25, -0.2) is 4.79 Å². The number of nitrogens with one attached hydrogen (secondary N) is 3. The zero-order chi connectivity index (χ0) is 24.4. The van der Waals surface area contributed by atoms with Crippen molar-refractivity contribution < 1.29 is 39.1 Å². The summed E-state index contributed by atoms with van der Waals surface area (Å²) in [5.74, 6) is -3.04. The van der Waals surface area contributed by atoms with Crippen molar-refractivity contribution in [2.24, 2.45) is 11.5 Å². The average Bonchev–Trinajstić information content (AvgIpc) is 2.73. The lowest BCUT2D eigenvalue weighted by molar-refractivity contribution is -0.646. The van der Waals surface area contributed by atoms with Gasteiger partial charge in [0.25, 0.3) is 5.91 Å². The number of ether oxygens (including phenoxy) is 1. The highest BCUT2D eigenvalue weighted by Crippen LogP contribution is 2.23. The van der Waals surface area contributed by atoms with Gasteiger partial charge in [-0.15, -0.1) is 6.58 Å². The van der Waals surface area contributed by atoms with E-state index in [4.69, 9.17) is 16.2 Å². The number of quaternary nitrogens is 1. The van der Waals surface area contributed by atoms with E-state index in [0.717, 1.165) is 0 Å². The molecule has 1 rings (SSSR count). The minimum atomic E-state index is -1.36. The summed E-state index contributed by atoms with van der Waals surface area (Å²) in [6.07, 6.45) is -1.43. The highest BCUT2D eigenvalue weighted by molar-refractivity contribution is 5.98. The van der Waals surface area contributed by atoms with Crippen LogP contribution in [0.2, 0.25) is 0 Å². The zero-order valence-electron chi connectivity index (χ0n) is 18.0. The molecule has 10 N–H and O–H groups in total. The predicted molar refractivity (Wildman–Crippen MR) is 111 cm³/mol. The lowest BCUT2D eigenvalue weighted by Crippen LogP contribution is -2.88. The Morgan fingerprint density at radius 2 is 2.00 bits per heavy atom. The van der Waals surface area contributed by atoms with E-state index in [-0.39, 0.29) is 18.5 Å². The Balaban J connectivity index is 3.11. The van der Waals surface area contributed by atoms with Crippen molar-refractivity contribution in [3.05, 3.63) is 24.3 Å². The van der Waals surface area contributed by atoms with Gasteiger partial charge >= 0.3 is 6.09 Å². The quantitative estimate of drug-likeness (QED) is 0.152. The maximum absolute atomic E-state index is 12.7. The van der Waals surface area contributed by atoms with Crippen LogP contribution in [0, 0.1) is 0 Å². The summed E-state index contributed by atoms with van der Waals surface area (Å²) in [5, 5.41) is 19.5. The largest absolute Gasteiger partial charge is 0.443 e. The number of aliphatic hydroxyl groups excluding tert-OH is 1. The fourth-order valence-corrected chi connectivity index (χ4v) is 2.82. The summed E-state index contributed by atoms with van der Waals surface area (Å²) in [4.78, 5) is 59.6. The molecule has 178 valence electrons. The van der Waals surface area contributed by atoms with Crippen molar-refractivity contribution >= 4 is 29.7 Å². The number of alkyl carbamates (subject to hydrolysis) is 1. The van der Waals surface area contributed by atoms with Crippen LogP contribution < -0.4 is 32.7 Å². The monoisotopic (exact) mass is 455 g/mol. The molecule has 0 aromatic carbocycles. The van der Waals surface area contributed by atoms with Crippen LogP contribution in [0.5, 0.6) is 0 Å². The van der Waals surface area contributed by atoms with Gasteiger partial charge < -0.3 is 42.6 Å². The molecule has 0 aromatic heterocycles. The van der Waals surface area contributed by atoms with Crippen molar-refractivity contribution in [1.29, 1.82) is 0 Å². The molecule has 0 heterocycles. The Morgan fingerprint density at radius 1 is 1.34 bits per heavy atom. The van der Waals surface area contributed by atoms with Gasteiger partial charge in [0.1, 0.15) is 18.2 Å².